The number of fused-ring (bicyclic) bond motifs is 5. The Morgan fingerprint density at radius 3 is 2.56 bits per heavy atom. The van der Waals surface area contributed by atoms with Gasteiger partial charge in [0.1, 0.15) is 0 Å². The first kappa shape index (κ1) is 25.4. The summed E-state index contributed by atoms with van der Waals surface area (Å²) in [4.78, 5) is 15.1. The van der Waals surface area contributed by atoms with E-state index >= 15 is 0 Å². The molecular formula is C32H51NO3. The van der Waals surface area contributed by atoms with E-state index in [0.29, 0.717) is 34.5 Å². The van der Waals surface area contributed by atoms with Crippen LogP contribution in [0.3, 0.4) is 0 Å². The molecule has 0 bridgehead atoms. The molecule has 6 rings (SSSR count). The van der Waals surface area contributed by atoms with Crippen LogP contribution in [0.1, 0.15) is 105 Å². The Morgan fingerprint density at radius 2 is 1.83 bits per heavy atom. The minimum atomic E-state index is -0.120. The first-order valence-electron chi connectivity index (χ1n) is 15.3. The predicted octanol–water partition coefficient (Wildman–Crippen LogP) is 5.96. The van der Waals surface area contributed by atoms with Gasteiger partial charge in [0.25, 0.3) is 0 Å². The van der Waals surface area contributed by atoms with Gasteiger partial charge in [-0.25, -0.2) is 0 Å². The van der Waals surface area contributed by atoms with E-state index in [0.717, 1.165) is 68.9 Å². The molecule has 0 aromatic heterocycles. The molecule has 8 atom stereocenters. The molecule has 4 nitrogen and oxygen atoms in total. The highest BCUT2D eigenvalue weighted by atomic mass is 16.3. The highest BCUT2D eigenvalue weighted by Gasteiger charge is 2.60. The van der Waals surface area contributed by atoms with Gasteiger partial charge in [-0.15, -0.1) is 0 Å². The van der Waals surface area contributed by atoms with Crippen molar-refractivity contribution in [2.24, 2.45) is 51.2 Å². The number of rotatable bonds is 5. The Bertz CT molecular complexity index is 912. The van der Waals surface area contributed by atoms with E-state index in [-0.39, 0.29) is 18.1 Å². The van der Waals surface area contributed by atoms with Crippen molar-refractivity contribution in [1.29, 1.82) is 0 Å². The predicted molar refractivity (Wildman–Crippen MR) is 143 cm³/mol. The molecule has 4 saturated carbocycles. The van der Waals surface area contributed by atoms with Crippen molar-refractivity contribution in [3.05, 3.63) is 11.6 Å². The highest BCUT2D eigenvalue weighted by molar-refractivity contribution is 5.77. The van der Waals surface area contributed by atoms with E-state index in [4.69, 9.17) is 0 Å². The van der Waals surface area contributed by atoms with Gasteiger partial charge in [-0.05, 0) is 116 Å². The molecule has 6 aliphatic rings. The Balaban J connectivity index is 1.05. The van der Waals surface area contributed by atoms with Crippen LogP contribution in [0.15, 0.2) is 11.6 Å². The maximum Gasteiger partial charge on any atom is 0.222 e. The SMILES string of the molecule is CC(CCC(=O)N1CC2(C1)CC(C)(CO)C2)[C@H]1CC[C@H]2[C@@H]3CC=C4C[C@@H](O)CC[C@]4(C)[C@H]3CC[C@]12C. The zero-order valence-corrected chi connectivity index (χ0v) is 23.4. The molecule has 5 aliphatic carbocycles. The third-order valence-electron chi connectivity index (χ3n) is 13.0. The molecule has 1 unspecified atom stereocenters. The van der Waals surface area contributed by atoms with Crippen LogP contribution in [0.4, 0.5) is 0 Å². The van der Waals surface area contributed by atoms with E-state index in [9.17, 15) is 15.0 Å². The van der Waals surface area contributed by atoms with Gasteiger partial charge in [-0.2, -0.15) is 0 Å². The summed E-state index contributed by atoms with van der Waals surface area (Å²) in [6.07, 6.45) is 16.1. The van der Waals surface area contributed by atoms with Gasteiger partial charge in [0, 0.05) is 31.5 Å². The monoisotopic (exact) mass is 497 g/mol. The Morgan fingerprint density at radius 1 is 1.08 bits per heavy atom. The summed E-state index contributed by atoms with van der Waals surface area (Å²) in [5, 5.41) is 19.9. The molecule has 1 spiro atoms. The topological polar surface area (TPSA) is 60.8 Å². The van der Waals surface area contributed by atoms with E-state index in [1.54, 1.807) is 5.57 Å². The third-order valence-corrected chi connectivity index (χ3v) is 13.0. The van der Waals surface area contributed by atoms with Gasteiger partial charge in [0.05, 0.1) is 6.10 Å². The van der Waals surface area contributed by atoms with Crippen LogP contribution >= 0.6 is 0 Å². The quantitative estimate of drug-likeness (QED) is 0.461. The number of aliphatic hydroxyl groups excluding tert-OH is 2. The number of hydrogen-bond donors (Lipinski definition) is 2. The number of likely N-dealkylation sites (tertiary alicyclic amines) is 1. The van der Waals surface area contributed by atoms with Crippen LogP contribution in [0.5, 0.6) is 0 Å². The molecular weight excluding hydrogens is 446 g/mol. The zero-order valence-electron chi connectivity index (χ0n) is 23.4. The van der Waals surface area contributed by atoms with Gasteiger partial charge in [0.2, 0.25) is 5.91 Å². The Kier molecular flexibility index (Phi) is 6.05. The van der Waals surface area contributed by atoms with Crippen LogP contribution in [-0.2, 0) is 4.79 Å². The van der Waals surface area contributed by atoms with Crippen LogP contribution in [0.2, 0.25) is 0 Å². The fourth-order valence-corrected chi connectivity index (χ4v) is 11.4. The zero-order chi connectivity index (χ0) is 25.5. The standard InChI is InChI=1S/C32H51NO3/c1-21(5-10-28(36)33-18-32(19-33)16-29(2,17-32)20-34)25-8-9-26-24-7-6-22-15-23(35)11-13-30(22,3)27(24)12-14-31(25,26)4/h6,21,23-27,34-35H,5,7-20H2,1-4H3/t21?,23-,24-,25+,26-,27-,30-,31+/m0/s1. The van der Waals surface area contributed by atoms with E-state index in [1.165, 1.54) is 38.5 Å². The number of nitrogens with zero attached hydrogens (tertiary/aromatic N) is 1. The lowest BCUT2D eigenvalue weighted by Crippen LogP contribution is -2.66. The number of carbonyl (C=O) groups is 1. The van der Waals surface area contributed by atoms with Crippen LogP contribution < -0.4 is 0 Å². The second kappa shape index (κ2) is 8.57. The summed E-state index contributed by atoms with van der Waals surface area (Å²) >= 11 is 0. The Hall–Kier alpha value is -0.870. The largest absolute Gasteiger partial charge is 0.396 e. The molecule has 2 N–H and O–H groups in total. The van der Waals surface area contributed by atoms with Gasteiger partial charge in [-0.3, -0.25) is 4.79 Å². The minimum absolute atomic E-state index is 0.0997. The van der Waals surface area contributed by atoms with Crippen molar-refractivity contribution >= 4 is 5.91 Å². The third kappa shape index (κ3) is 3.78. The van der Waals surface area contributed by atoms with Gasteiger partial charge in [-0.1, -0.05) is 39.3 Å². The summed E-state index contributed by atoms with van der Waals surface area (Å²) in [7, 11) is 0. The summed E-state index contributed by atoms with van der Waals surface area (Å²) in [5.74, 6) is 4.18. The number of aliphatic hydroxyl groups is 2. The molecule has 5 fully saturated rings. The van der Waals surface area contributed by atoms with Crippen molar-refractivity contribution < 1.29 is 15.0 Å². The number of carbonyl (C=O) groups excluding carboxylic acids is 1. The molecule has 1 heterocycles. The average Bonchev–Trinajstić information content (AvgIpc) is 3.16. The lowest BCUT2D eigenvalue weighted by Gasteiger charge is -2.63. The molecule has 0 radical (unpaired) electrons. The second-order valence-electron chi connectivity index (χ2n) is 15.5. The maximum atomic E-state index is 13.0. The first-order valence-corrected chi connectivity index (χ1v) is 15.3. The molecule has 1 amide bonds. The van der Waals surface area contributed by atoms with Crippen molar-refractivity contribution in [2.75, 3.05) is 19.7 Å². The fraction of sp³-hybridized carbons (Fsp3) is 0.906. The maximum absolute atomic E-state index is 13.0. The molecule has 202 valence electrons. The van der Waals surface area contributed by atoms with Gasteiger partial charge < -0.3 is 15.1 Å². The number of allylic oxidation sites excluding steroid dienone is 1. The summed E-state index contributed by atoms with van der Waals surface area (Å²) in [6, 6.07) is 0. The normalized spacial score (nSPS) is 45.0. The van der Waals surface area contributed by atoms with Crippen LogP contribution in [-0.4, -0.2) is 46.8 Å². The van der Waals surface area contributed by atoms with Crippen molar-refractivity contribution in [3.63, 3.8) is 0 Å². The first-order chi connectivity index (χ1) is 17.0. The Labute approximate surface area is 219 Å². The van der Waals surface area contributed by atoms with E-state index in [2.05, 4.69) is 38.7 Å². The summed E-state index contributed by atoms with van der Waals surface area (Å²) in [6.45, 7) is 11.9. The smallest absolute Gasteiger partial charge is 0.222 e. The van der Waals surface area contributed by atoms with Gasteiger partial charge >= 0.3 is 0 Å². The van der Waals surface area contributed by atoms with E-state index in [1.807, 2.05) is 0 Å². The molecule has 36 heavy (non-hydrogen) atoms. The lowest BCUT2D eigenvalue weighted by atomic mass is 9.47. The van der Waals surface area contributed by atoms with Gasteiger partial charge in [0.15, 0.2) is 0 Å². The van der Waals surface area contributed by atoms with Crippen LogP contribution in [0, 0.1) is 51.2 Å². The molecule has 0 aromatic rings. The number of amides is 1. The highest BCUT2D eigenvalue weighted by Crippen LogP contribution is 2.67. The summed E-state index contributed by atoms with van der Waals surface area (Å²) in [5.41, 5.74) is 2.75. The average molecular weight is 498 g/mol. The molecule has 4 heteroatoms. The fourth-order valence-electron chi connectivity index (χ4n) is 11.4. The molecule has 0 aromatic carbocycles. The number of hydrogen-bond acceptors (Lipinski definition) is 3. The molecule has 1 saturated heterocycles. The van der Waals surface area contributed by atoms with E-state index < -0.39 is 0 Å². The molecule has 1 aliphatic heterocycles. The summed E-state index contributed by atoms with van der Waals surface area (Å²) < 4.78 is 0. The van der Waals surface area contributed by atoms with Crippen LogP contribution in [0.25, 0.3) is 0 Å². The lowest BCUT2D eigenvalue weighted by molar-refractivity contribution is -0.172. The second-order valence-corrected chi connectivity index (χ2v) is 15.5. The van der Waals surface area contributed by atoms with Crippen molar-refractivity contribution in [3.8, 4) is 0 Å². The minimum Gasteiger partial charge on any atom is -0.396 e. The van der Waals surface area contributed by atoms with Crippen molar-refractivity contribution in [1.82, 2.24) is 4.90 Å². The van der Waals surface area contributed by atoms with Crippen molar-refractivity contribution in [2.45, 2.75) is 111 Å².